The number of benzene rings is 2. The van der Waals surface area contributed by atoms with Crippen molar-refractivity contribution in [3.63, 3.8) is 0 Å². The summed E-state index contributed by atoms with van der Waals surface area (Å²) in [6.45, 7) is 3.96. The van der Waals surface area contributed by atoms with Crippen LogP contribution in [0.5, 0.6) is 0 Å². The zero-order valence-corrected chi connectivity index (χ0v) is 14.2. The van der Waals surface area contributed by atoms with Crippen LogP contribution in [0.3, 0.4) is 0 Å². The summed E-state index contributed by atoms with van der Waals surface area (Å²) < 4.78 is 0. The van der Waals surface area contributed by atoms with Crippen LogP contribution in [-0.4, -0.2) is 11.8 Å². The van der Waals surface area contributed by atoms with Crippen molar-refractivity contribution in [1.82, 2.24) is 10.6 Å². The summed E-state index contributed by atoms with van der Waals surface area (Å²) in [5, 5.41) is 5.63. The van der Waals surface area contributed by atoms with Crippen molar-refractivity contribution in [1.29, 1.82) is 0 Å². The highest BCUT2D eigenvalue weighted by atomic mass is 16.2. The molecule has 2 amide bonds. The second-order valence-corrected chi connectivity index (χ2v) is 5.69. The molecule has 2 N–H and O–H groups in total. The molecule has 4 nitrogen and oxygen atoms in total. The van der Waals surface area contributed by atoms with Crippen molar-refractivity contribution in [3.8, 4) is 0 Å². The lowest BCUT2D eigenvalue weighted by Gasteiger charge is -2.20. The number of hydrogen-bond acceptors (Lipinski definition) is 2. The second-order valence-electron chi connectivity index (χ2n) is 5.69. The van der Waals surface area contributed by atoms with Crippen LogP contribution in [0.15, 0.2) is 60.7 Å². The average Bonchev–Trinajstić information content (AvgIpc) is 2.65. The number of rotatable bonds is 6. The molecule has 24 heavy (non-hydrogen) atoms. The van der Waals surface area contributed by atoms with E-state index in [2.05, 4.69) is 10.6 Å². The molecule has 2 aromatic carbocycles. The molecule has 2 atom stereocenters. The Balaban J connectivity index is 1.99. The molecule has 126 valence electrons. The van der Waals surface area contributed by atoms with Crippen molar-refractivity contribution in [2.75, 3.05) is 0 Å². The Morgan fingerprint density at radius 2 is 1.04 bits per heavy atom. The first-order chi connectivity index (χ1) is 11.7. The Labute approximate surface area is 143 Å². The fourth-order valence-corrected chi connectivity index (χ4v) is 2.66. The maximum Gasteiger partial charge on any atom is 0.309 e. The Morgan fingerprint density at radius 1 is 0.708 bits per heavy atom. The fraction of sp³-hybridized carbons (Fsp3) is 0.300. The molecular formula is C20H24N2O2. The van der Waals surface area contributed by atoms with Crippen molar-refractivity contribution in [2.45, 2.75) is 38.8 Å². The van der Waals surface area contributed by atoms with Gasteiger partial charge in [-0.1, -0.05) is 74.5 Å². The molecule has 0 fully saturated rings. The van der Waals surface area contributed by atoms with Gasteiger partial charge in [0.15, 0.2) is 0 Å². The standard InChI is InChI=1S/C20H24N2O2/c1-3-17(15-11-7-5-8-12-15)21-19(23)20(24)22-18(4-2)16-13-9-6-10-14-16/h5-14,17-18H,3-4H2,1-2H3,(H,21,23)(H,22,24). The van der Waals surface area contributed by atoms with Crippen molar-refractivity contribution >= 4 is 11.8 Å². The van der Waals surface area contributed by atoms with Crippen LogP contribution >= 0.6 is 0 Å². The van der Waals surface area contributed by atoms with Crippen molar-refractivity contribution in [3.05, 3.63) is 71.8 Å². The summed E-state index contributed by atoms with van der Waals surface area (Å²) in [6.07, 6.45) is 1.44. The second kappa shape index (κ2) is 8.87. The largest absolute Gasteiger partial charge is 0.341 e. The van der Waals surface area contributed by atoms with Crippen molar-refractivity contribution in [2.24, 2.45) is 0 Å². The minimum absolute atomic E-state index is 0.166. The Kier molecular flexibility index (Phi) is 6.55. The molecule has 0 aliphatic heterocycles. The summed E-state index contributed by atoms with van der Waals surface area (Å²) >= 11 is 0. The lowest BCUT2D eigenvalue weighted by molar-refractivity contribution is -0.140. The van der Waals surface area contributed by atoms with E-state index in [1.165, 1.54) is 0 Å². The third-order valence-corrected chi connectivity index (χ3v) is 4.04. The van der Waals surface area contributed by atoms with Gasteiger partial charge in [-0.15, -0.1) is 0 Å². The normalized spacial score (nSPS) is 12.9. The molecule has 0 radical (unpaired) electrons. The summed E-state index contributed by atoms with van der Waals surface area (Å²) in [6, 6.07) is 19.0. The first kappa shape index (κ1) is 17.7. The molecule has 4 heteroatoms. The predicted molar refractivity (Wildman–Crippen MR) is 95.2 cm³/mol. The van der Waals surface area contributed by atoms with Gasteiger partial charge in [0.2, 0.25) is 0 Å². The van der Waals surface area contributed by atoms with Gasteiger partial charge in [-0.25, -0.2) is 0 Å². The van der Waals surface area contributed by atoms with Gasteiger partial charge in [-0.3, -0.25) is 9.59 Å². The molecule has 2 aromatic rings. The highest BCUT2D eigenvalue weighted by Crippen LogP contribution is 2.17. The lowest BCUT2D eigenvalue weighted by atomic mass is 10.0. The van der Waals surface area contributed by atoms with E-state index in [1.807, 2.05) is 74.5 Å². The predicted octanol–water partition coefficient (Wildman–Crippen LogP) is 3.52. The van der Waals surface area contributed by atoms with E-state index in [0.29, 0.717) is 0 Å². The first-order valence-electron chi connectivity index (χ1n) is 8.37. The monoisotopic (exact) mass is 324 g/mol. The zero-order chi connectivity index (χ0) is 17.4. The van der Waals surface area contributed by atoms with Gasteiger partial charge in [0, 0.05) is 0 Å². The molecule has 0 saturated heterocycles. The molecule has 0 heterocycles. The lowest BCUT2D eigenvalue weighted by Crippen LogP contribution is -2.42. The molecule has 0 bridgehead atoms. The van der Waals surface area contributed by atoms with Crippen LogP contribution in [0.2, 0.25) is 0 Å². The first-order valence-corrected chi connectivity index (χ1v) is 8.37. The molecule has 2 unspecified atom stereocenters. The molecular weight excluding hydrogens is 300 g/mol. The SMILES string of the molecule is CCC(NC(=O)C(=O)NC(CC)c1ccccc1)c1ccccc1. The smallest absolute Gasteiger partial charge is 0.309 e. The Bertz CT molecular complexity index is 596. The number of nitrogens with one attached hydrogen (secondary N) is 2. The number of carbonyl (C=O) groups excluding carboxylic acids is 2. The van der Waals surface area contributed by atoms with Gasteiger partial charge >= 0.3 is 11.8 Å². The molecule has 2 rings (SSSR count). The number of carbonyl (C=O) groups is 2. The zero-order valence-electron chi connectivity index (χ0n) is 14.2. The third-order valence-electron chi connectivity index (χ3n) is 4.04. The molecule has 0 saturated carbocycles. The van der Waals surface area contributed by atoms with E-state index in [0.717, 1.165) is 24.0 Å². The molecule has 0 aromatic heterocycles. The van der Waals surface area contributed by atoms with Crippen LogP contribution in [-0.2, 0) is 9.59 Å². The van der Waals surface area contributed by atoms with E-state index < -0.39 is 11.8 Å². The third kappa shape index (κ3) is 4.69. The van der Waals surface area contributed by atoms with E-state index in [4.69, 9.17) is 0 Å². The Hall–Kier alpha value is -2.62. The minimum Gasteiger partial charge on any atom is -0.341 e. The van der Waals surface area contributed by atoms with Crippen LogP contribution in [0.1, 0.15) is 49.9 Å². The topological polar surface area (TPSA) is 58.2 Å². The highest BCUT2D eigenvalue weighted by molar-refractivity contribution is 6.35. The summed E-state index contributed by atoms with van der Waals surface area (Å²) in [5.74, 6) is -1.19. The quantitative estimate of drug-likeness (QED) is 0.799. The summed E-state index contributed by atoms with van der Waals surface area (Å²) in [4.78, 5) is 24.5. The van der Waals surface area contributed by atoms with E-state index >= 15 is 0 Å². The van der Waals surface area contributed by atoms with E-state index in [1.54, 1.807) is 0 Å². The number of hydrogen-bond donors (Lipinski definition) is 2. The van der Waals surface area contributed by atoms with E-state index in [9.17, 15) is 9.59 Å². The molecule has 0 aliphatic carbocycles. The van der Waals surface area contributed by atoms with Gasteiger partial charge in [0.05, 0.1) is 12.1 Å². The van der Waals surface area contributed by atoms with Crippen LogP contribution < -0.4 is 10.6 Å². The van der Waals surface area contributed by atoms with Gasteiger partial charge in [0.1, 0.15) is 0 Å². The summed E-state index contributed by atoms with van der Waals surface area (Å²) in [5.41, 5.74) is 1.99. The average molecular weight is 324 g/mol. The highest BCUT2D eigenvalue weighted by Gasteiger charge is 2.21. The number of amides is 2. The molecule has 0 spiro atoms. The fourth-order valence-electron chi connectivity index (χ4n) is 2.66. The van der Waals surface area contributed by atoms with Gasteiger partial charge in [0.25, 0.3) is 0 Å². The summed E-state index contributed by atoms with van der Waals surface area (Å²) in [7, 11) is 0. The Morgan fingerprint density at radius 3 is 1.33 bits per heavy atom. The van der Waals surface area contributed by atoms with Crippen LogP contribution in [0, 0.1) is 0 Å². The maximum absolute atomic E-state index is 12.2. The van der Waals surface area contributed by atoms with Gasteiger partial charge < -0.3 is 10.6 Å². The van der Waals surface area contributed by atoms with E-state index in [-0.39, 0.29) is 12.1 Å². The molecule has 0 aliphatic rings. The van der Waals surface area contributed by atoms with Crippen molar-refractivity contribution < 1.29 is 9.59 Å². The minimum atomic E-state index is -0.597. The van der Waals surface area contributed by atoms with Crippen LogP contribution in [0.4, 0.5) is 0 Å². The van der Waals surface area contributed by atoms with Gasteiger partial charge in [-0.2, -0.15) is 0 Å². The van der Waals surface area contributed by atoms with Gasteiger partial charge in [-0.05, 0) is 24.0 Å². The maximum atomic E-state index is 12.2. The van der Waals surface area contributed by atoms with Crippen LogP contribution in [0.25, 0.3) is 0 Å².